The van der Waals surface area contributed by atoms with Gasteiger partial charge in [0.25, 0.3) is 0 Å². The molecule has 0 unspecified atom stereocenters. The van der Waals surface area contributed by atoms with Crippen molar-refractivity contribution in [3.05, 3.63) is 22.4 Å². The summed E-state index contributed by atoms with van der Waals surface area (Å²) in [5.74, 6) is -0.223. The molecule has 14 heavy (non-hydrogen) atoms. The maximum absolute atomic E-state index is 10.9. The molecule has 0 aliphatic rings. The Hall–Kier alpha value is -0.870. The number of esters is 1. The molecule has 4 heteroatoms. The lowest BCUT2D eigenvalue weighted by atomic mass is 10.2. The van der Waals surface area contributed by atoms with Crippen LogP contribution in [0.4, 0.5) is 0 Å². The summed E-state index contributed by atoms with van der Waals surface area (Å²) in [6.45, 7) is 2.29. The van der Waals surface area contributed by atoms with Crippen LogP contribution in [-0.2, 0) is 9.53 Å². The molecule has 1 atom stereocenters. The maximum atomic E-state index is 10.9. The first kappa shape index (κ1) is 11.2. The number of nitrogens with one attached hydrogen (secondary N) is 1. The predicted molar refractivity (Wildman–Crippen MR) is 57.4 cm³/mol. The first-order chi connectivity index (χ1) is 6.74. The highest BCUT2D eigenvalue weighted by Crippen LogP contribution is 2.25. The van der Waals surface area contributed by atoms with Crippen molar-refractivity contribution < 1.29 is 9.53 Å². The van der Waals surface area contributed by atoms with Crippen LogP contribution in [0.1, 0.15) is 24.3 Å². The molecule has 1 heterocycles. The summed E-state index contributed by atoms with van der Waals surface area (Å²) in [6, 6.07) is 3.96. The minimum absolute atomic E-state index is 0.0973. The molecule has 0 aliphatic carbocycles. The van der Waals surface area contributed by atoms with E-state index in [4.69, 9.17) is 4.74 Å². The van der Waals surface area contributed by atoms with Crippen molar-refractivity contribution in [2.45, 2.75) is 19.4 Å². The van der Waals surface area contributed by atoms with Crippen LogP contribution in [0.3, 0.4) is 0 Å². The van der Waals surface area contributed by atoms with E-state index < -0.39 is 0 Å². The van der Waals surface area contributed by atoms with Gasteiger partial charge < -0.3 is 10.1 Å². The molecule has 0 aliphatic heterocycles. The number of carbonyl (C=O) groups excluding carboxylic acids is 1. The third kappa shape index (κ3) is 3.47. The molecule has 3 nitrogen and oxygen atoms in total. The summed E-state index contributed by atoms with van der Waals surface area (Å²) in [5.41, 5.74) is 0. The fourth-order valence-corrected chi connectivity index (χ4v) is 2.00. The number of ether oxygens (including phenoxy) is 1. The summed E-state index contributed by atoms with van der Waals surface area (Å²) >= 11 is 1.62. The fourth-order valence-electron chi connectivity index (χ4n) is 1.21. The molecule has 0 saturated heterocycles. The SMILES string of the molecule is CNCC[C@H](OC(C)=O)c1cccs1. The Morgan fingerprint density at radius 3 is 3.00 bits per heavy atom. The summed E-state index contributed by atoms with van der Waals surface area (Å²) in [4.78, 5) is 12.0. The van der Waals surface area contributed by atoms with E-state index in [1.807, 2.05) is 24.6 Å². The van der Waals surface area contributed by atoms with E-state index >= 15 is 0 Å². The lowest BCUT2D eigenvalue weighted by molar-refractivity contribution is -0.146. The van der Waals surface area contributed by atoms with Crippen LogP contribution in [-0.4, -0.2) is 19.6 Å². The van der Waals surface area contributed by atoms with E-state index in [-0.39, 0.29) is 12.1 Å². The van der Waals surface area contributed by atoms with Gasteiger partial charge in [0.1, 0.15) is 6.10 Å². The molecule has 78 valence electrons. The zero-order chi connectivity index (χ0) is 10.4. The predicted octanol–water partition coefficient (Wildman–Crippen LogP) is 1.96. The van der Waals surface area contributed by atoms with Gasteiger partial charge in [-0.25, -0.2) is 0 Å². The molecule has 0 fully saturated rings. The summed E-state index contributed by atoms with van der Waals surface area (Å²) in [6.07, 6.45) is 0.719. The normalized spacial score (nSPS) is 12.4. The lowest BCUT2D eigenvalue weighted by Gasteiger charge is -2.14. The molecule has 0 bridgehead atoms. The molecule has 0 spiro atoms. The topological polar surface area (TPSA) is 38.3 Å². The second kappa shape index (κ2) is 5.78. The van der Waals surface area contributed by atoms with Crippen molar-refractivity contribution in [1.82, 2.24) is 5.32 Å². The molecule has 1 aromatic heterocycles. The summed E-state index contributed by atoms with van der Waals surface area (Å²) < 4.78 is 5.23. The lowest BCUT2D eigenvalue weighted by Crippen LogP contribution is -2.15. The summed E-state index contributed by atoms with van der Waals surface area (Å²) in [5, 5.41) is 5.04. The van der Waals surface area contributed by atoms with Crippen molar-refractivity contribution >= 4 is 17.3 Å². The Morgan fingerprint density at radius 1 is 1.71 bits per heavy atom. The quantitative estimate of drug-likeness (QED) is 0.760. The van der Waals surface area contributed by atoms with Crippen molar-refractivity contribution in [2.75, 3.05) is 13.6 Å². The third-order valence-electron chi connectivity index (χ3n) is 1.83. The van der Waals surface area contributed by atoms with Crippen molar-refractivity contribution in [2.24, 2.45) is 0 Å². The number of hydrogen-bond donors (Lipinski definition) is 1. The van der Waals surface area contributed by atoms with Crippen LogP contribution in [0, 0.1) is 0 Å². The van der Waals surface area contributed by atoms with Crippen LogP contribution in [0.25, 0.3) is 0 Å². The van der Waals surface area contributed by atoms with E-state index in [0.717, 1.165) is 17.8 Å². The minimum Gasteiger partial charge on any atom is -0.457 e. The Labute approximate surface area is 88.1 Å². The van der Waals surface area contributed by atoms with Gasteiger partial charge in [-0.3, -0.25) is 4.79 Å². The fraction of sp³-hybridized carbons (Fsp3) is 0.500. The Balaban J connectivity index is 2.57. The van der Waals surface area contributed by atoms with Gasteiger partial charge in [0.2, 0.25) is 0 Å². The molecular weight excluding hydrogens is 198 g/mol. The zero-order valence-electron chi connectivity index (χ0n) is 8.45. The summed E-state index contributed by atoms with van der Waals surface area (Å²) in [7, 11) is 1.89. The highest BCUT2D eigenvalue weighted by Gasteiger charge is 2.14. The highest BCUT2D eigenvalue weighted by molar-refractivity contribution is 7.10. The maximum Gasteiger partial charge on any atom is 0.303 e. The average Bonchev–Trinajstić information content (AvgIpc) is 2.64. The molecular formula is C10H15NO2S. The molecule has 0 saturated carbocycles. The van der Waals surface area contributed by atoms with Crippen molar-refractivity contribution in [1.29, 1.82) is 0 Å². The first-order valence-corrected chi connectivity index (χ1v) is 5.47. The monoisotopic (exact) mass is 213 g/mol. The van der Waals surface area contributed by atoms with Gasteiger partial charge in [-0.1, -0.05) is 6.07 Å². The number of hydrogen-bond acceptors (Lipinski definition) is 4. The molecule has 0 aromatic carbocycles. The Kier molecular flexibility index (Phi) is 4.62. The van der Waals surface area contributed by atoms with Crippen LogP contribution >= 0.6 is 11.3 Å². The number of rotatable bonds is 5. The van der Waals surface area contributed by atoms with E-state index in [0.29, 0.717) is 0 Å². The van der Waals surface area contributed by atoms with E-state index in [9.17, 15) is 4.79 Å². The number of carbonyl (C=O) groups is 1. The van der Waals surface area contributed by atoms with Crippen LogP contribution in [0.2, 0.25) is 0 Å². The molecule has 0 amide bonds. The van der Waals surface area contributed by atoms with Gasteiger partial charge in [0.15, 0.2) is 0 Å². The average molecular weight is 213 g/mol. The molecule has 0 radical (unpaired) electrons. The Morgan fingerprint density at radius 2 is 2.50 bits per heavy atom. The van der Waals surface area contributed by atoms with Gasteiger partial charge in [-0.15, -0.1) is 11.3 Å². The number of thiophene rings is 1. The Bertz CT molecular complexity index is 272. The van der Waals surface area contributed by atoms with Crippen LogP contribution < -0.4 is 5.32 Å². The van der Waals surface area contributed by atoms with Gasteiger partial charge in [-0.2, -0.15) is 0 Å². The van der Waals surface area contributed by atoms with E-state index in [1.54, 1.807) is 11.3 Å². The van der Waals surface area contributed by atoms with Crippen LogP contribution in [0.5, 0.6) is 0 Å². The van der Waals surface area contributed by atoms with Gasteiger partial charge in [-0.05, 0) is 25.0 Å². The second-order valence-corrected chi connectivity index (χ2v) is 3.98. The van der Waals surface area contributed by atoms with Crippen LogP contribution in [0.15, 0.2) is 17.5 Å². The second-order valence-electron chi connectivity index (χ2n) is 3.01. The third-order valence-corrected chi connectivity index (χ3v) is 2.79. The van der Waals surface area contributed by atoms with Crippen molar-refractivity contribution in [3.63, 3.8) is 0 Å². The van der Waals surface area contributed by atoms with E-state index in [2.05, 4.69) is 5.32 Å². The standard InChI is InChI=1S/C10H15NO2S/c1-8(12)13-9(5-6-11-2)10-4-3-7-14-10/h3-4,7,9,11H,5-6H2,1-2H3/t9-/m0/s1. The van der Waals surface area contributed by atoms with E-state index in [1.165, 1.54) is 6.92 Å². The highest BCUT2D eigenvalue weighted by atomic mass is 32.1. The van der Waals surface area contributed by atoms with Gasteiger partial charge in [0, 0.05) is 18.2 Å². The molecule has 1 aromatic rings. The minimum atomic E-state index is -0.223. The zero-order valence-corrected chi connectivity index (χ0v) is 9.26. The van der Waals surface area contributed by atoms with Crippen molar-refractivity contribution in [3.8, 4) is 0 Å². The molecule has 1 rings (SSSR count). The van der Waals surface area contributed by atoms with Gasteiger partial charge in [0.05, 0.1) is 0 Å². The molecule has 1 N–H and O–H groups in total. The largest absolute Gasteiger partial charge is 0.457 e. The first-order valence-electron chi connectivity index (χ1n) is 4.59. The smallest absolute Gasteiger partial charge is 0.303 e. The van der Waals surface area contributed by atoms with Gasteiger partial charge >= 0.3 is 5.97 Å².